The quantitative estimate of drug-likeness (QED) is 0.507. The van der Waals surface area contributed by atoms with Crippen LogP contribution in [-0.2, 0) is 21.4 Å². The number of nitrogens with one attached hydrogen (secondary N) is 1. The summed E-state index contributed by atoms with van der Waals surface area (Å²) in [6, 6.07) is 18.6. The molecule has 1 amide bonds. The molecule has 0 saturated heterocycles. The Morgan fingerprint density at radius 2 is 1.59 bits per heavy atom. The summed E-state index contributed by atoms with van der Waals surface area (Å²) in [6.45, 7) is 3.35. The minimum Gasteiger partial charge on any atom is -0.348 e. The Morgan fingerprint density at radius 1 is 1.00 bits per heavy atom. The van der Waals surface area contributed by atoms with Gasteiger partial charge < -0.3 is 5.32 Å². The number of hydrogen-bond donors (Lipinski definition) is 1. The molecule has 0 heterocycles. The molecular weight excluding hydrogens is 451 g/mol. The number of carbonyl (C=O) groups excluding carboxylic acids is 1. The van der Waals surface area contributed by atoms with Gasteiger partial charge in [0.05, 0.1) is 17.5 Å². The van der Waals surface area contributed by atoms with Crippen LogP contribution in [0.5, 0.6) is 0 Å². The zero-order valence-electron chi connectivity index (χ0n) is 17.8. The molecule has 0 bridgehead atoms. The molecule has 0 aliphatic heterocycles. The maximum Gasteiger partial charge on any atom is 0.243 e. The van der Waals surface area contributed by atoms with E-state index in [9.17, 15) is 17.6 Å². The number of hydrogen-bond acceptors (Lipinski definition) is 3. The molecule has 3 rings (SSSR count). The van der Waals surface area contributed by atoms with Crippen molar-refractivity contribution in [2.45, 2.75) is 31.3 Å². The summed E-state index contributed by atoms with van der Waals surface area (Å²) in [5.74, 6) is -0.836. The molecule has 0 aliphatic rings. The van der Waals surface area contributed by atoms with E-state index in [0.29, 0.717) is 10.6 Å². The topological polar surface area (TPSA) is 66.5 Å². The van der Waals surface area contributed by atoms with Gasteiger partial charge in [0.1, 0.15) is 5.82 Å². The second kappa shape index (κ2) is 10.3. The Hall–Kier alpha value is -2.74. The average Bonchev–Trinajstić information content (AvgIpc) is 2.75. The summed E-state index contributed by atoms with van der Waals surface area (Å²) in [4.78, 5) is 12.8. The molecule has 3 aromatic rings. The van der Waals surface area contributed by atoms with Gasteiger partial charge in [0, 0.05) is 11.6 Å². The van der Waals surface area contributed by atoms with Gasteiger partial charge in [-0.25, -0.2) is 12.8 Å². The largest absolute Gasteiger partial charge is 0.348 e. The van der Waals surface area contributed by atoms with E-state index in [1.165, 1.54) is 36.4 Å². The predicted molar refractivity (Wildman–Crippen MR) is 123 cm³/mol. The predicted octanol–water partition coefficient (Wildman–Crippen LogP) is 4.86. The third kappa shape index (κ3) is 6.16. The molecule has 0 radical (unpaired) electrons. The van der Waals surface area contributed by atoms with Crippen LogP contribution in [0, 0.1) is 12.7 Å². The third-order valence-corrected chi connectivity index (χ3v) is 7.06. The monoisotopic (exact) mass is 474 g/mol. The summed E-state index contributed by atoms with van der Waals surface area (Å²) in [5.41, 5.74) is 2.52. The molecule has 32 heavy (non-hydrogen) atoms. The lowest BCUT2D eigenvalue weighted by Crippen LogP contribution is -2.41. The van der Waals surface area contributed by atoms with Crippen LogP contribution in [0.2, 0.25) is 5.02 Å². The molecule has 168 valence electrons. The van der Waals surface area contributed by atoms with E-state index in [2.05, 4.69) is 5.32 Å². The number of benzene rings is 3. The van der Waals surface area contributed by atoms with E-state index in [-0.39, 0.29) is 23.8 Å². The van der Waals surface area contributed by atoms with Crippen LogP contribution in [0.3, 0.4) is 0 Å². The van der Waals surface area contributed by atoms with Gasteiger partial charge in [0.15, 0.2) is 0 Å². The van der Waals surface area contributed by atoms with Gasteiger partial charge in [-0.3, -0.25) is 4.79 Å². The Kier molecular flexibility index (Phi) is 7.66. The highest BCUT2D eigenvalue weighted by Crippen LogP contribution is 2.21. The fourth-order valence-electron chi connectivity index (χ4n) is 3.16. The summed E-state index contributed by atoms with van der Waals surface area (Å²) < 4.78 is 40.9. The molecular formula is C24H24ClFN2O3S. The zero-order chi connectivity index (χ0) is 23.3. The lowest BCUT2D eigenvalue weighted by Gasteiger charge is -2.23. The van der Waals surface area contributed by atoms with Gasteiger partial charge in [-0.2, -0.15) is 4.31 Å². The number of amides is 1. The van der Waals surface area contributed by atoms with Crippen molar-refractivity contribution in [3.63, 3.8) is 0 Å². The van der Waals surface area contributed by atoms with E-state index < -0.39 is 22.0 Å². The van der Waals surface area contributed by atoms with Crippen molar-refractivity contribution in [1.82, 2.24) is 9.62 Å². The molecule has 0 aliphatic carbocycles. The van der Waals surface area contributed by atoms with Crippen LogP contribution in [0.4, 0.5) is 4.39 Å². The lowest BCUT2D eigenvalue weighted by atomic mass is 10.1. The van der Waals surface area contributed by atoms with Gasteiger partial charge in [-0.1, -0.05) is 53.6 Å². The average molecular weight is 475 g/mol. The Labute approximate surface area is 192 Å². The summed E-state index contributed by atoms with van der Waals surface area (Å²) in [5, 5.41) is 3.20. The first-order chi connectivity index (χ1) is 15.1. The lowest BCUT2D eigenvalue weighted by molar-refractivity contribution is -0.122. The van der Waals surface area contributed by atoms with Crippen molar-refractivity contribution in [2.75, 3.05) is 6.54 Å². The Bertz CT molecular complexity index is 1170. The molecule has 5 nitrogen and oxygen atoms in total. The zero-order valence-corrected chi connectivity index (χ0v) is 19.3. The second-order valence-corrected chi connectivity index (χ2v) is 9.93. The number of nitrogens with zero attached hydrogens (tertiary/aromatic N) is 1. The first kappa shape index (κ1) is 23.9. The highest BCUT2D eigenvalue weighted by atomic mass is 35.5. The van der Waals surface area contributed by atoms with Crippen molar-refractivity contribution in [3.8, 4) is 0 Å². The highest BCUT2D eigenvalue weighted by molar-refractivity contribution is 7.89. The number of carbonyl (C=O) groups is 1. The van der Waals surface area contributed by atoms with Gasteiger partial charge >= 0.3 is 0 Å². The summed E-state index contributed by atoms with van der Waals surface area (Å²) in [7, 11) is -3.96. The SMILES string of the molecule is Cc1ccc(CN(CC(=O)NC(C)c2ccc(F)cc2)S(=O)(=O)c2ccc(Cl)cc2)cc1. The van der Waals surface area contributed by atoms with E-state index in [1.54, 1.807) is 19.1 Å². The number of aryl methyl sites for hydroxylation is 1. The fourth-order valence-corrected chi connectivity index (χ4v) is 4.67. The molecule has 3 aromatic carbocycles. The van der Waals surface area contributed by atoms with Crippen LogP contribution in [-0.4, -0.2) is 25.2 Å². The molecule has 0 fully saturated rings. The molecule has 0 aromatic heterocycles. The molecule has 1 atom stereocenters. The van der Waals surface area contributed by atoms with Crippen LogP contribution < -0.4 is 5.32 Å². The maximum absolute atomic E-state index is 13.3. The molecule has 1 N–H and O–H groups in total. The van der Waals surface area contributed by atoms with E-state index >= 15 is 0 Å². The Morgan fingerprint density at radius 3 is 2.19 bits per heavy atom. The number of halogens is 2. The van der Waals surface area contributed by atoms with E-state index in [1.807, 2.05) is 31.2 Å². The summed E-state index contributed by atoms with van der Waals surface area (Å²) >= 11 is 5.90. The van der Waals surface area contributed by atoms with Crippen molar-refractivity contribution in [2.24, 2.45) is 0 Å². The van der Waals surface area contributed by atoms with E-state index in [4.69, 9.17) is 11.6 Å². The fraction of sp³-hybridized carbons (Fsp3) is 0.208. The van der Waals surface area contributed by atoms with Crippen LogP contribution in [0.15, 0.2) is 77.7 Å². The van der Waals surface area contributed by atoms with Crippen molar-refractivity contribution in [3.05, 3.63) is 100 Å². The van der Waals surface area contributed by atoms with Gasteiger partial charge in [0.2, 0.25) is 15.9 Å². The van der Waals surface area contributed by atoms with Crippen LogP contribution in [0.1, 0.15) is 29.7 Å². The van der Waals surface area contributed by atoms with E-state index in [0.717, 1.165) is 15.4 Å². The smallest absolute Gasteiger partial charge is 0.243 e. The minimum absolute atomic E-state index is 0.0313. The van der Waals surface area contributed by atoms with Crippen molar-refractivity contribution < 1.29 is 17.6 Å². The molecule has 0 saturated carbocycles. The first-order valence-electron chi connectivity index (χ1n) is 10.0. The maximum atomic E-state index is 13.3. The molecule has 0 spiro atoms. The summed E-state index contributed by atoms with van der Waals surface area (Å²) in [6.07, 6.45) is 0. The number of rotatable bonds is 8. The standard InChI is InChI=1S/C24H24ClFN2O3S/c1-17-3-5-19(6-4-17)15-28(32(30,31)23-13-9-21(25)10-14-23)16-24(29)27-18(2)20-7-11-22(26)12-8-20/h3-14,18H,15-16H2,1-2H3,(H,27,29). The molecule has 1 unspecified atom stereocenters. The second-order valence-electron chi connectivity index (χ2n) is 7.55. The minimum atomic E-state index is -3.96. The Balaban J connectivity index is 1.82. The van der Waals surface area contributed by atoms with Gasteiger partial charge in [-0.15, -0.1) is 0 Å². The highest BCUT2D eigenvalue weighted by Gasteiger charge is 2.27. The first-order valence-corrected chi connectivity index (χ1v) is 11.8. The van der Waals surface area contributed by atoms with Crippen molar-refractivity contribution in [1.29, 1.82) is 0 Å². The van der Waals surface area contributed by atoms with Crippen LogP contribution in [0.25, 0.3) is 0 Å². The van der Waals surface area contributed by atoms with Crippen LogP contribution >= 0.6 is 11.6 Å². The van der Waals surface area contributed by atoms with Gasteiger partial charge in [0.25, 0.3) is 0 Å². The third-order valence-electron chi connectivity index (χ3n) is 5.00. The normalized spacial score (nSPS) is 12.5. The van der Waals surface area contributed by atoms with Gasteiger partial charge in [-0.05, 0) is 61.4 Å². The van der Waals surface area contributed by atoms with Crippen molar-refractivity contribution >= 4 is 27.5 Å². The number of sulfonamides is 1. The molecule has 8 heteroatoms.